The van der Waals surface area contributed by atoms with Crippen LogP contribution >= 0.6 is 0 Å². The Morgan fingerprint density at radius 1 is 1.22 bits per heavy atom. The topological polar surface area (TPSA) is 50.7 Å². The second kappa shape index (κ2) is 7.24. The summed E-state index contributed by atoms with van der Waals surface area (Å²) in [6, 6.07) is 7.62. The van der Waals surface area contributed by atoms with Crippen molar-refractivity contribution in [3.05, 3.63) is 24.3 Å². The van der Waals surface area contributed by atoms with Crippen LogP contribution in [0, 0.1) is 0 Å². The maximum atomic E-state index is 9.28. The highest BCUT2D eigenvalue weighted by Crippen LogP contribution is 2.26. The van der Waals surface area contributed by atoms with E-state index in [9.17, 15) is 5.11 Å². The Labute approximate surface area is 109 Å². The minimum Gasteiger partial charge on any atom is -0.490 e. The second-order valence-electron chi connectivity index (χ2n) is 4.45. The van der Waals surface area contributed by atoms with E-state index in [4.69, 9.17) is 9.47 Å². The van der Waals surface area contributed by atoms with Crippen molar-refractivity contribution in [3.8, 4) is 11.5 Å². The number of hydrogen-bond acceptors (Lipinski definition) is 4. The molecule has 0 heterocycles. The number of nitrogens with one attached hydrogen (secondary N) is 1. The van der Waals surface area contributed by atoms with E-state index in [-0.39, 0.29) is 12.1 Å². The van der Waals surface area contributed by atoms with Crippen molar-refractivity contribution in [1.29, 1.82) is 0 Å². The van der Waals surface area contributed by atoms with Gasteiger partial charge >= 0.3 is 0 Å². The maximum Gasteiger partial charge on any atom is 0.161 e. The fourth-order valence-corrected chi connectivity index (χ4v) is 1.51. The molecule has 0 amide bonds. The van der Waals surface area contributed by atoms with E-state index in [1.165, 1.54) is 0 Å². The highest BCUT2D eigenvalue weighted by molar-refractivity contribution is 5.39. The third-order valence-corrected chi connectivity index (χ3v) is 3.01. The number of rotatable bonds is 8. The molecule has 0 aliphatic heterocycles. The van der Waals surface area contributed by atoms with Gasteiger partial charge in [-0.05, 0) is 33.0 Å². The van der Waals surface area contributed by atoms with Crippen molar-refractivity contribution in [2.45, 2.75) is 25.8 Å². The monoisotopic (exact) mass is 253 g/mol. The minimum atomic E-state index is -0.305. The molecule has 0 aliphatic rings. The summed E-state index contributed by atoms with van der Waals surface area (Å²) in [7, 11) is 1.84. The van der Waals surface area contributed by atoms with Crippen molar-refractivity contribution in [2.75, 3.05) is 26.9 Å². The van der Waals surface area contributed by atoms with Crippen LogP contribution < -0.4 is 14.8 Å². The molecule has 4 nitrogen and oxygen atoms in total. The van der Waals surface area contributed by atoms with E-state index in [1.54, 1.807) is 0 Å². The molecule has 1 aromatic rings. The minimum absolute atomic E-state index is 0.0833. The third kappa shape index (κ3) is 4.20. The Kier molecular flexibility index (Phi) is 5.95. The molecule has 1 rings (SSSR count). The van der Waals surface area contributed by atoms with Crippen LogP contribution in [0.3, 0.4) is 0 Å². The maximum absolute atomic E-state index is 9.28. The quantitative estimate of drug-likeness (QED) is 0.742. The zero-order chi connectivity index (χ0) is 13.4. The average Bonchev–Trinajstić information content (AvgIpc) is 2.41. The summed E-state index contributed by atoms with van der Waals surface area (Å²) in [6.07, 6.45) is 0.723. The van der Waals surface area contributed by atoms with Crippen LogP contribution in [0.1, 0.15) is 20.3 Å². The molecule has 0 aliphatic carbocycles. The normalized spacial score (nSPS) is 14.0. The molecule has 4 heteroatoms. The number of aliphatic hydroxyl groups is 1. The lowest BCUT2D eigenvalue weighted by Crippen LogP contribution is -2.44. The van der Waals surface area contributed by atoms with Crippen molar-refractivity contribution in [3.63, 3.8) is 0 Å². The van der Waals surface area contributed by atoms with Gasteiger partial charge < -0.3 is 19.9 Å². The van der Waals surface area contributed by atoms with Crippen LogP contribution in [0.15, 0.2) is 24.3 Å². The lowest BCUT2D eigenvalue weighted by molar-refractivity contribution is 0.149. The zero-order valence-corrected chi connectivity index (χ0v) is 11.4. The fourth-order valence-electron chi connectivity index (χ4n) is 1.51. The second-order valence-corrected chi connectivity index (χ2v) is 4.45. The summed E-state index contributed by atoms with van der Waals surface area (Å²) >= 11 is 0. The predicted molar refractivity (Wildman–Crippen MR) is 72.3 cm³/mol. The molecule has 1 unspecified atom stereocenters. The van der Waals surface area contributed by atoms with Gasteiger partial charge in [0.2, 0.25) is 0 Å². The number of likely N-dealkylation sites (N-methyl/N-ethyl adjacent to an activating group) is 1. The van der Waals surface area contributed by atoms with Crippen molar-refractivity contribution >= 4 is 0 Å². The molecular formula is C14H23NO3. The van der Waals surface area contributed by atoms with Gasteiger partial charge in [0.1, 0.15) is 0 Å². The summed E-state index contributed by atoms with van der Waals surface area (Å²) in [5, 5.41) is 12.4. The number of hydrogen-bond donors (Lipinski definition) is 2. The first-order chi connectivity index (χ1) is 8.65. The van der Waals surface area contributed by atoms with E-state index in [0.29, 0.717) is 13.2 Å². The molecule has 0 spiro atoms. The number of aliphatic hydroxyl groups excluding tert-OH is 1. The summed E-state index contributed by atoms with van der Waals surface area (Å²) in [5.41, 5.74) is -0.305. The third-order valence-electron chi connectivity index (χ3n) is 3.01. The van der Waals surface area contributed by atoms with Gasteiger partial charge in [-0.1, -0.05) is 12.1 Å². The predicted octanol–water partition coefficient (Wildman–Crippen LogP) is 1.82. The van der Waals surface area contributed by atoms with Gasteiger partial charge in [0, 0.05) is 12.0 Å². The van der Waals surface area contributed by atoms with Gasteiger partial charge in [-0.2, -0.15) is 0 Å². The average molecular weight is 253 g/mol. The molecule has 0 saturated heterocycles. The SMILES string of the molecule is CCOc1ccccc1OCCC(C)(CO)NC. The number of para-hydroxylation sites is 2. The highest BCUT2D eigenvalue weighted by Gasteiger charge is 2.20. The first-order valence-electron chi connectivity index (χ1n) is 6.29. The van der Waals surface area contributed by atoms with Crippen LogP contribution in [0.4, 0.5) is 0 Å². The molecule has 0 radical (unpaired) electrons. The standard InChI is InChI=1S/C14H23NO3/c1-4-17-12-7-5-6-8-13(12)18-10-9-14(2,11-16)15-3/h5-8,15-16H,4,9-11H2,1-3H3. The molecular weight excluding hydrogens is 230 g/mol. The van der Waals surface area contributed by atoms with Gasteiger partial charge in [-0.15, -0.1) is 0 Å². The van der Waals surface area contributed by atoms with E-state index in [0.717, 1.165) is 17.9 Å². The Balaban J connectivity index is 2.53. The molecule has 102 valence electrons. The Morgan fingerprint density at radius 3 is 2.33 bits per heavy atom. The first kappa shape index (κ1) is 14.8. The molecule has 18 heavy (non-hydrogen) atoms. The van der Waals surface area contributed by atoms with Crippen molar-refractivity contribution < 1.29 is 14.6 Å². The van der Waals surface area contributed by atoms with E-state index in [1.807, 2.05) is 45.2 Å². The van der Waals surface area contributed by atoms with Crippen LogP contribution in [-0.2, 0) is 0 Å². The van der Waals surface area contributed by atoms with Crippen molar-refractivity contribution in [1.82, 2.24) is 5.32 Å². The van der Waals surface area contributed by atoms with E-state index < -0.39 is 0 Å². The summed E-state index contributed by atoms with van der Waals surface area (Å²) < 4.78 is 11.2. The van der Waals surface area contributed by atoms with Crippen molar-refractivity contribution in [2.24, 2.45) is 0 Å². The Hall–Kier alpha value is -1.26. The molecule has 1 aromatic carbocycles. The van der Waals surface area contributed by atoms with Crippen LogP contribution in [0.2, 0.25) is 0 Å². The summed E-state index contributed by atoms with van der Waals surface area (Å²) in [5.74, 6) is 1.51. The molecule has 0 fully saturated rings. The zero-order valence-electron chi connectivity index (χ0n) is 11.4. The largest absolute Gasteiger partial charge is 0.490 e. The van der Waals surface area contributed by atoms with E-state index >= 15 is 0 Å². The molecule has 1 atom stereocenters. The van der Waals surface area contributed by atoms with E-state index in [2.05, 4.69) is 5.32 Å². The van der Waals surface area contributed by atoms with Gasteiger partial charge in [-0.3, -0.25) is 0 Å². The van der Waals surface area contributed by atoms with Gasteiger partial charge in [0.15, 0.2) is 11.5 Å². The lowest BCUT2D eigenvalue weighted by Gasteiger charge is -2.26. The molecule has 0 saturated carbocycles. The molecule has 0 bridgehead atoms. The summed E-state index contributed by atoms with van der Waals surface area (Å²) in [6.45, 7) is 5.14. The van der Waals surface area contributed by atoms with Crippen LogP contribution in [0.5, 0.6) is 11.5 Å². The van der Waals surface area contributed by atoms with Gasteiger partial charge in [-0.25, -0.2) is 0 Å². The van der Waals surface area contributed by atoms with Gasteiger partial charge in [0.25, 0.3) is 0 Å². The fraction of sp³-hybridized carbons (Fsp3) is 0.571. The molecule has 0 aromatic heterocycles. The van der Waals surface area contributed by atoms with Gasteiger partial charge in [0.05, 0.1) is 19.8 Å². The smallest absolute Gasteiger partial charge is 0.161 e. The molecule has 2 N–H and O–H groups in total. The van der Waals surface area contributed by atoms with Crippen LogP contribution in [-0.4, -0.2) is 37.5 Å². The Morgan fingerprint density at radius 2 is 1.83 bits per heavy atom. The first-order valence-corrected chi connectivity index (χ1v) is 6.29. The highest BCUT2D eigenvalue weighted by atomic mass is 16.5. The lowest BCUT2D eigenvalue weighted by atomic mass is 10.0. The number of benzene rings is 1. The van der Waals surface area contributed by atoms with Crippen LogP contribution in [0.25, 0.3) is 0 Å². The Bertz CT molecular complexity index is 351. The summed E-state index contributed by atoms with van der Waals surface area (Å²) in [4.78, 5) is 0. The number of ether oxygens (including phenoxy) is 2.